The molecule has 0 aromatic heterocycles. The lowest BCUT2D eigenvalue weighted by Crippen LogP contribution is -2.29. The fraction of sp³-hybridized carbons (Fsp3) is 0.200. The van der Waals surface area contributed by atoms with Gasteiger partial charge in [0, 0.05) is 15.0 Å². The van der Waals surface area contributed by atoms with Crippen molar-refractivity contribution in [3.8, 4) is 5.75 Å². The predicted molar refractivity (Wildman–Crippen MR) is 85.2 cm³/mol. The minimum Gasteiger partial charge on any atom is -0.481 e. The number of hydrogen-bond acceptors (Lipinski definition) is 2. The second kappa shape index (κ2) is 6.85. The van der Waals surface area contributed by atoms with Gasteiger partial charge in [0.2, 0.25) is 5.82 Å². The number of halogens is 4. The summed E-state index contributed by atoms with van der Waals surface area (Å²) in [7, 11) is 0. The smallest absolute Gasteiger partial charge is 0.200 e. The maximum Gasteiger partial charge on any atom is 0.200 e. The molecule has 2 N–H and O–H groups in total. The van der Waals surface area contributed by atoms with Crippen LogP contribution in [0.4, 0.5) is 8.78 Å². The topological polar surface area (TPSA) is 35.2 Å². The molecule has 0 spiro atoms. The normalized spacial score (nSPS) is 13.8. The summed E-state index contributed by atoms with van der Waals surface area (Å²) in [6.45, 7) is 1.75. The van der Waals surface area contributed by atoms with Gasteiger partial charge in [-0.05, 0) is 36.8 Å². The van der Waals surface area contributed by atoms with Crippen LogP contribution in [0.15, 0.2) is 45.3 Å². The summed E-state index contributed by atoms with van der Waals surface area (Å²) < 4.78 is 34.1. The second-order valence-electron chi connectivity index (χ2n) is 4.65. The van der Waals surface area contributed by atoms with Crippen LogP contribution in [0.1, 0.15) is 18.6 Å². The van der Waals surface area contributed by atoms with E-state index in [1.165, 1.54) is 6.07 Å². The predicted octanol–water partition coefficient (Wildman–Crippen LogP) is 4.96. The fourth-order valence-corrected chi connectivity index (χ4v) is 2.74. The van der Waals surface area contributed by atoms with Crippen LogP contribution in [0.2, 0.25) is 0 Å². The standard InChI is InChI=1S/C15H13Br2F2NO/c1-8(20)15(9-3-2-4-10(16)5-9)21-13-7-11(17)6-12(18)14(13)19/h2-8,15H,20H2,1H3. The van der Waals surface area contributed by atoms with Crippen molar-refractivity contribution in [1.82, 2.24) is 0 Å². The van der Waals surface area contributed by atoms with Crippen molar-refractivity contribution >= 4 is 31.9 Å². The SMILES string of the molecule is CC(N)C(Oc1cc(Br)cc(F)c1F)c1cccc(Br)c1. The highest BCUT2D eigenvalue weighted by Gasteiger charge is 2.22. The summed E-state index contributed by atoms with van der Waals surface area (Å²) in [5, 5.41) is 0. The Balaban J connectivity index is 2.38. The Morgan fingerprint density at radius 3 is 2.43 bits per heavy atom. The molecular weight excluding hydrogens is 408 g/mol. The van der Waals surface area contributed by atoms with Gasteiger partial charge in [-0.2, -0.15) is 4.39 Å². The summed E-state index contributed by atoms with van der Waals surface area (Å²) in [5.74, 6) is -2.18. The van der Waals surface area contributed by atoms with E-state index in [2.05, 4.69) is 31.9 Å². The van der Waals surface area contributed by atoms with Crippen LogP contribution < -0.4 is 10.5 Å². The molecule has 0 heterocycles. The minimum atomic E-state index is -1.03. The Hall–Kier alpha value is -0.980. The number of nitrogens with two attached hydrogens (primary N) is 1. The highest BCUT2D eigenvalue weighted by atomic mass is 79.9. The van der Waals surface area contributed by atoms with Crippen molar-refractivity contribution in [2.75, 3.05) is 0 Å². The number of benzene rings is 2. The molecule has 0 aliphatic carbocycles. The van der Waals surface area contributed by atoms with Crippen LogP contribution in [-0.2, 0) is 0 Å². The first-order chi connectivity index (χ1) is 9.88. The summed E-state index contributed by atoms with van der Waals surface area (Å²) in [5.41, 5.74) is 6.70. The molecule has 2 rings (SSSR count). The van der Waals surface area contributed by atoms with Gasteiger partial charge in [0.15, 0.2) is 11.6 Å². The van der Waals surface area contributed by atoms with E-state index in [4.69, 9.17) is 10.5 Å². The monoisotopic (exact) mass is 419 g/mol. The average Bonchev–Trinajstić information content (AvgIpc) is 2.40. The molecule has 0 aliphatic rings. The van der Waals surface area contributed by atoms with Gasteiger partial charge in [-0.25, -0.2) is 4.39 Å². The molecule has 0 fully saturated rings. The second-order valence-corrected chi connectivity index (χ2v) is 6.48. The van der Waals surface area contributed by atoms with Crippen molar-refractivity contribution in [1.29, 1.82) is 0 Å². The summed E-state index contributed by atoms with van der Waals surface area (Å²) in [4.78, 5) is 0. The van der Waals surface area contributed by atoms with Gasteiger partial charge in [0.25, 0.3) is 0 Å². The minimum absolute atomic E-state index is 0.177. The van der Waals surface area contributed by atoms with Crippen molar-refractivity contribution in [2.45, 2.75) is 19.1 Å². The van der Waals surface area contributed by atoms with Gasteiger partial charge >= 0.3 is 0 Å². The van der Waals surface area contributed by atoms with E-state index in [1.54, 1.807) is 6.92 Å². The van der Waals surface area contributed by atoms with Crippen LogP contribution in [0.25, 0.3) is 0 Å². The van der Waals surface area contributed by atoms with E-state index in [9.17, 15) is 8.78 Å². The van der Waals surface area contributed by atoms with Crippen molar-refractivity contribution in [3.05, 3.63) is 62.5 Å². The van der Waals surface area contributed by atoms with E-state index < -0.39 is 23.8 Å². The molecule has 0 saturated heterocycles. The van der Waals surface area contributed by atoms with Crippen LogP contribution in [0.5, 0.6) is 5.75 Å². The van der Waals surface area contributed by atoms with Crippen LogP contribution >= 0.6 is 31.9 Å². The molecular formula is C15H13Br2F2NO. The lowest BCUT2D eigenvalue weighted by atomic mass is 10.0. The van der Waals surface area contributed by atoms with Gasteiger partial charge in [0.1, 0.15) is 6.10 Å². The lowest BCUT2D eigenvalue weighted by Gasteiger charge is -2.23. The van der Waals surface area contributed by atoms with Crippen molar-refractivity contribution < 1.29 is 13.5 Å². The Kier molecular flexibility index (Phi) is 5.35. The zero-order chi connectivity index (χ0) is 15.6. The molecule has 2 atom stereocenters. The Labute approximate surface area is 138 Å². The van der Waals surface area contributed by atoms with Crippen molar-refractivity contribution in [3.63, 3.8) is 0 Å². The molecule has 21 heavy (non-hydrogen) atoms. The van der Waals surface area contributed by atoms with E-state index >= 15 is 0 Å². The van der Waals surface area contributed by atoms with Gasteiger partial charge in [0.05, 0.1) is 0 Å². The van der Waals surface area contributed by atoms with E-state index in [0.29, 0.717) is 4.47 Å². The van der Waals surface area contributed by atoms with Gasteiger partial charge in [-0.1, -0.05) is 44.0 Å². The molecule has 0 radical (unpaired) electrons. The van der Waals surface area contributed by atoms with E-state index in [1.807, 2.05) is 24.3 Å². The van der Waals surface area contributed by atoms with Gasteiger partial charge < -0.3 is 10.5 Å². The molecule has 0 amide bonds. The molecule has 2 aromatic rings. The maximum atomic E-state index is 13.8. The molecule has 2 nitrogen and oxygen atoms in total. The molecule has 0 bridgehead atoms. The molecule has 0 saturated carbocycles. The first-order valence-corrected chi connectivity index (χ1v) is 7.79. The first kappa shape index (κ1) is 16.4. The number of ether oxygens (including phenoxy) is 1. The highest BCUT2D eigenvalue weighted by Crippen LogP contribution is 2.31. The third-order valence-electron chi connectivity index (χ3n) is 2.87. The number of rotatable bonds is 4. The molecule has 0 aliphatic heterocycles. The molecule has 6 heteroatoms. The zero-order valence-corrected chi connectivity index (χ0v) is 14.3. The highest BCUT2D eigenvalue weighted by molar-refractivity contribution is 9.10. The Bertz CT molecular complexity index is 650. The van der Waals surface area contributed by atoms with Gasteiger partial charge in [-0.3, -0.25) is 0 Å². The molecule has 112 valence electrons. The summed E-state index contributed by atoms with van der Waals surface area (Å²) in [6.07, 6.45) is -0.592. The van der Waals surface area contributed by atoms with Crippen molar-refractivity contribution in [2.24, 2.45) is 5.73 Å². The lowest BCUT2D eigenvalue weighted by molar-refractivity contribution is 0.170. The van der Waals surface area contributed by atoms with Gasteiger partial charge in [-0.15, -0.1) is 0 Å². The maximum absolute atomic E-state index is 13.8. The first-order valence-electron chi connectivity index (χ1n) is 6.20. The fourth-order valence-electron chi connectivity index (χ4n) is 1.92. The third-order valence-corrected chi connectivity index (χ3v) is 3.82. The quantitative estimate of drug-likeness (QED) is 0.709. The van der Waals surface area contributed by atoms with Crippen LogP contribution in [0, 0.1) is 11.6 Å². The Morgan fingerprint density at radius 2 is 1.81 bits per heavy atom. The van der Waals surface area contributed by atoms with E-state index in [0.717, 1.165) is 16.1 Å². The summed E-state index contributed by atoms with van der Waals surface area (Å²) >= 11 is 6.48. The largest absolute Gasteiger partial charge is 0.481 e. The molecule has 2 aromatic carbocycles. The molecule has 2 unspecified atom stereocenters. The average molecular weight is 421 g/mol. The number of hydrogen-bond donors (Lipinski definition) is 1. The zero-order valence-electron chi connectivity index (χ0n) is 11.1. The van der Waals surface area contributed by atoms with Crippen LogP contribution in [0.3, 0.4) is 0 Å². The third kappa shape index (κ3) is 4.02. The van der Waals surface area contributed by atoms with E-state index in [-0.39, 0.29) is 5.75 Å². The summed E-state index contributed by atoms with van der Waals surface area (Å²) in [6, 6.07) is 9.37. The van der Waals surface area contributed by atoms with Crippen LogP contribution in [-0.4, -0.2) is 6.04 Å². The Morgan fingerprint density at radius 1 is 1.10 bits per heavy atom.